The molecule has 1 aromatic carbocycles. The fourth-order valence-corrected chi connectivity index (χ4v) is 3.57. The van der Waals surface area contributed by atoms with E-state index in [1.165, 1.54) is 5.56 Å². The van der Waals surface area contributed by atoms with Crippen molar-refractivity contribution in [2.24, 2.45) is 0 Å². The van der Waals surface area contributed by atoms with Gasteiger partial charge in [0.15, 0.2) is 0 Å². The van der Waals surface area contributed by atoms with E-state index in [4.69, 9.17) is 0 Å². The summed E-state index contributed by atoms with van der Waals surface area (Å²) in [4.78, 5) is 13.2. The van der Waals surface area contributed by atoms with E-state index in [1.54, 1.807) is 11.3 Å². The molecule has 0 saturated carbocycles. The minimum Gasteiger partial charge on any atom is -0.384 e. The third kappa shape index (κ3) is 2.82. The molecule has 3 nitrogen and oxygen atoms in total. The second-order valence-electron chi connectivity index (χ2n) is 4.44. The quantitative estimate of drug-likeness (QED) is 0.901. The average Bonchev–Trinajstić information content (AvgIpc) is 3.03. The summed E-state index contributed by atoms with van der Waals surface area (Å²) in [6.07, 6.45) is 1.04. The zero-order valence-corrected chi connectivity index (χ0v) is 12.6. The first-order valence-corrected chi connectivity index (χ1v) is 7.72. The summed E-state index contributed by atoms with van der Waals surface area (Å²) in [6.45, 7) is 1.53. The topological polar surface area (TPSA) is 41.1 Å². The van der Waals surface area contributed by atoms with E-state index in [0.717, 1.165) is 27.3 Å². The Morgan fingerprint density at radius 1 is 1.37 bits per heavy atom. The van der Waals surface area contributed by atoms with Gasteiger partial charge < -0.3 is 10.6 Å². The number of hydrogen-bond acceptors (Lipinski definition) is 3. The van der Waals surface area contributed by atoms with Crippen LogP contribution in [-0.4, -0.2) is 12.5 Å². The molecule has 1 aliphatic heterocycles. The summed E-state index contributed by atoms with van der Waals surface area (Å²) in [5.74, 6) is -0.0268. The highest BCUT2D eigenvalue weighted by Gasteiger charge is 2.13. The Morgan fingerprint density at radius 2 is 2.26 bits per heavy atom. The molecule has 0 spiro atoms. The maximum atomic E-state index is 12.1. The lowest BCUT2D eigenvalue weighted by molar-refractivity contribution is 0.0951. The fraction of sp³-hybridized carbons (Fsp3) is 0.214. The van der Waals surface area contributed by atoms with Gasteiger partial charge in [0.1, 0.15) is 0 Å². The summed E-state index contributed by atoms with van der Waals surface area (Å²) in [6, 6.07) is 9.87. The van der Waals surface area contributed by atoms with Crippen LogP contribution >= 0.6 is 27.3 Å². The van der Waals surface area contributed by atoms with Crippen LogP contribution in [0.15, 0.2) is 34.1 Å². The standard InChI is InChI=1S/C14H13BrN2OS/c15-13-4-3-11(19-13)8-17-14(18)10-2-1-9-5-6-16-12(9)7-10/h1-4,7,16H,5-6,8H2,(H,17,18). The molecule has 0 unspecified atom stereocenters. The maximum Gasteiger partial charge on any atom is 0.251 e. The zero-order valence-electron chi connectivity index (χ0n) is 10.2. The van der Waals surface area contributed by atoms with E-state index < -0.39 is 0 Å². The number of hydrogen-bond donors (Lipinski definition) is 2. The number of fused-ring (bicyclic) bond motifs is 1. The molecule has 0 radical (unpaired) electrons. The van der Waals surface area contributed by atoms with Crippen LogP contribution < -0.4 is 10.6 Å². The van der Waals surface area contributed by atoms with Gasteiger partial charge in [-0.15, -0.1) is 11.3 Å². The predicted octanol–water partition coefficient (Wildman–Crippen LogP) is 3.41. The molecule has 5 heteroatoms. The van der Waals surface area contributed by atoms with Gasteiger partial charge in [-0.1, -0.05) is 6.07 Å². The van der Waals surface area contributed by atoms with Gasteiger partial charge in [0, 0.05) is 22.7 Å². The Hall–Kier alpha value is -1.33. The van der Waals surface area contributed by atoms with Crippen LogP contribution in [0, 0.1) is 0 Å². The number of amides is 1. The molecule has 1 amide bonds. The van der Waals surface area contributed by atoms with Gasteiger partial charge in [-0.2, -0.15) is 0 Å². The van der Waals surface area contributed by atoms with Crippen molar-refractivity contribution in [2.45, 2.75) is 13.0 Å². The molecule has 0 atom stereocenters. The minimum absolute atomic E-state index is 0.0268. The SMILES string of the molecule is O=C(NCc1ccc(Br)s1)c1ccc2c(c1)NCC2. The molecular weight excluding hydrogens is 324 g/mol. The lowest BCUT2D eigenvalue weighted by atomic mass is 10.1. The molecule has 0 aliphatic carbocycles. The largest absolute Gasteiger partial charge is 0.384 e. The van der Waals surface area contributed by atoms with E-state index >= 15 is 0 Å². The highest BCUT2D eigenvalue weighted by atomic mass is 79.9. The van der Waals surface area contributed by atoms with Gasteiger partial charge in [0.05, 0.1) is 10.3 Å². The summed E-state index contributed by atoms with van der Waals surface area (Å²) in [7, 11) is 0. The van der Waals surface area contributed by atoms with Crippen LogP contribution in [-0.2, 0) is 13.0 Å². The van der Waals surface area contributed by atoms with Crippen molar-refractivity contribution in [1.29, 1.82) is 0 Å². The number of rotatable bonds is 3. The van der Waals surface area contributed by atoms with Crippen molar-refractivity contribution < 1.29 is 4.79 Å². The molecule has 2 heterocycles. The highest BCUT2D eigenvalue weighted by molar-refractivity contribution is 9.11. The molecule has 3 rings (SSSR count). The number of nitrogens with one attached hydrogen (secondary N) is 2. The van der Waals surface area contributed by atoms with E-state index in [-0.39, 0.29) is 5.91 Å². The molecule has 98 valence electrons. The van der Waals surface area contributed by atoms with Gasteiger partial charge in [0.25, 0.3) is 5.91 Å². The summed E-state index contributed by atoms with van der Waals surface area (Å²) < 4.78 is 1.08. The lowest BCUT2D eigenvalue weighted by Crippen LogP contribution is -2.22. The Bertz CT molecular complexity index is 624. The van der Waals surface area contributed by atoms with Crippen LogP contribution in [0.25, 0.3) is 0 Å². The average molecular weight is 337 g/mol. The number of anilines is 1. The van der Waals surface area contributed by atoms with Crippen molar-refractivity contribution in [3.63, 3.8) is 0 Å². The molecule has 1 aromatic heterocycles. The van der Waals surface area contributed by atoms with Gasteiger partial charge >= 0.3 is 0 Å². The maximum absolute atomic E-state index is 12.1. The van der Waals surface area contributed by atoms with Crippen molar-refractivity contribution in [3.8, 4) is 0 Å². The van der Waals surface area contributed by atoms with E-state index in [1.807, 2.05) is 30.3 Å². The Labute approximate surface area is 124 Å². The molecule has 19 heavy (non-hydrogen) atoms. The van der Waals surface area contributed by atoms with Crippen LogP contribution in [0.5, 0.6) is 0 Å². The highest BCUT2D eigenvalue weighted by Crippen LogP contribution is 2.24. The van der Waals surface area contributed by atoms with E-state index in [0.29, 0.717) is 12.1 Å². The summed E-state index contributed by atoms with van der Waals surface area (Å²) in [5.41, 5.74) is 3.09. The number of thiophene rings is 1. The minimum atomic E-state index is -0.0268. The summed E-state index contributed by atoms with van der Waals surface area (Å²) in [5, 5.41) is 6.23. The zero-order chi connectivity index (χ0) is 13.2. The van der Waals surface area contributed by atoms with Gasteiger partial charge in [-0.25, -0.2) is 0 Å². The number of carbonyl (C=O) groups excluding carboxylic acids is 1. The van der Waals surface area contributed by atoms with Crippen molar-refractivity contribution in [2.75, 3.05) is 11.9 Å². The molecule has 2 N–H and O–H groups in total. The van der Waals surface area contributed by atoms with Crippen molar-refractivity contribution in [3.05, 3.63) is 50.1 Å². The number of carbonyl (C=O) groups is 1. The van der Waals surface area contributed by atoms with E-state index in [9.17, 15) is 4.79 Å². The van der Waals surface area contributed by atoms with Gasteiger partial charge in [0.2, 0.25) is 0 Å². The predicted molar refractivity (Wildman–Crippen MR) is 81.8 cm³/mol. The summed E-state index contributed by atoms with van der Waals surface area (Å²) >= 11 is 5.05. The number of halogens is 1. The first kappa shape index (κ1) is 12.7. The monoisotopic (exact) mass is 336 g/mol. The molecule has 0 fully saturated rings. The molecule has 0 bridgehead atoms. The Kier molecular flexibility index (Phi) is 3.57. The molecular formula is C14H13BrN2OS. The second kappa shape index (κ2) is 5.35. The third-order valence-corrected chi connectivity index (χ3v) is 4.76. The van der Waals surface area contributed by atoms with Crippen LogP contribution in [0.4, 0.5) is 5.69 Å². The van der Waals surface area contributed by atoms with Gasteiger partial charge in [-0.3, -0.25) is 4.79 Å². The smallest absolute Gasteiger partial charge is 0.251 e. The molecule has 0 saturated heterocycles. The van der Waals surface area contributed by atoms with Crippen molar-refractivity contribution >= 4 is 38.9 Å². The van der Waals surface area contributed by atoms with Crippen molar-refractivity contribution in [1.82, 2.24) is 5.32 Å². The first-order chi connectivity index (χ1) is 9.22. The second-order valence-corrected chi connectivity index (χ2v) is 6.98. The van der Waals surface area contributed by atoms with Gasteiger partial charge in [-0.05, 0) is 52.2 Å². The lowest BCUT2D eigenvalue weighted by Gasteiger charge is -2.06. The Balaban J connectivity index is 1.67. The third-order valence-electron chi connectivity index (χ3n) is 3.13. The normalized spacial score (nSPS) is 12.9. The molecule has 2 aromatic rings. The van der Waals surface area contributed by atoms with Crippen LogP contribution in [0.3, 0.4) is 0 Å². The Morgan fingerprint density at radius 3 is 3.05 bits per heavy atom. The van der Waals surface area contributed by atoms with Crippen LogP contribution in [0.1, 0.15) is 20.8 Å². The number of benzene rings is 1. The van der Waals surface area contributed by atoms with Crippen LogP contribution in [0.2, 0.25) is 0 Å². The van der Waals surface area contributed by atoms with E-state index in [2.05, 4.69) is 26.6 Å². The molecule has 1 aliphatic rings. The first-order valence-electron chi connectivity index (χ1n) is 6.11. The fourth-order valence-electron chi connectivity index (χ4n) is 2.15.